The van der Waals surface area contributed by atoms with Crippen LogP contribution in [0.4, 0.5) is 0 Å². The molecule has 94 valence electrons. The van der Waals surface area contributed by atoms with E-state index in [2.05, 4.69) is 4.40 Å². The third kappa shape index (κ3) is 3.97. The fraction of sp³-hybridized carbons (Fsp3) is 0.462. The van der Waals surface area contributed by atoms with Gasteiger partial charge >= 0.3 is 0 Å². The second-order valence-electron chi connectivity index (χ2n) is 4.12. The van der Waals surface area contributed by atoms with Crippen LogP contribution in [0.25, 0.3) is 0 Å². The molecule has 1 rings (SSSR count). The first-order valence-electron chi connectivity index (χ1n) is 5.86. The molecular formula is C13H19NO2S. The lowest BCUT2D eigenvalue weighted by molar-refractivity contribution is 0.596. The van der Waals surface area contributed by atoms with E-state index in [1.165, 1.54) is 0 Å². The maximum absolute atomic E-state index is 11.9. The second-order valence-corrected chi connectivity index (χ2v) is 5.75. The largest absolute Gasteiger partial charge is 0.281 e. The number of hydrogen-bond donors (Lipinski definition) is 0. The molecule has 0 saturated heterocycles. The molecule has 3 nitrogen and oxygen atoms in total. The molecule has 1 aromatic carbocycles. The quantitative estimate of drug-likeness (QED) is 0.756. The Balaban J connectivity index is 2.92. The molecule has 0 amide bonds. The van der Waals surface area contributed by atoms with Crippen molar-refractivity contribution in [3.63, 3.8) is 0 Å². The Bertz CT molecular complexity index is 471. The molecule has 0 atom stereocenters. The van der Waals surface area contributed by atoms with Crippen LogP contribution in [0.15, 0.2) is 33.6 Å². The standard InChI is InChI=1S/C13H19NO2S/c1-4-12(5-2)10-14-17(15,16)13-8-6-11(3)7-9-13/h6-10,12H,4-5H2,1-3H3/b14-10+. The fourth-order valence-electron chi connectivity index (χ4n) is 1.44. The van der Waals surface area contributed by atoms with Crippen molar-refractivity contribution in [2.75, 3.05) is 0 Å². The van der Waals surface area contributed by atoms with Crippen molar-refractivity contribution in [2.24, 2.45) is 10.3 Å². The van der Waals surface area contributed by atoms with Gasteiger partial charge in [-0.2, -0.15) is 12.8 Å². The first kappa shape index (κ1) is 13.9. The van der Waals surface area contributed by atoms with E-state index in [9.17, 15) is 8.42 Å². The van der Waals surface area contributed by atoms with Gasteiger partial charge in [-0.3, -0.25) is 0 Å². The van der Waals surface area contributed by atoms with Crippen molar-refractivity contribution in [3.8, 4) is 0 Å². The number of nitrogens with zero attached hydrogens (tertiary/aromatic N) is 1. The highest BCUT2D eigenvalue weighted by Gasteiger charge is 2.11. The third-order valence-corrected chi connectivity index (χ3v) is 4.05. The van der Waals surface area contributed by atoms with Gasteiger partial charge in [-0.25, -0.2) is 0 Å². The van der Waals surface area contributed by atoms with Crippen molar-refractivity contribution in [2.45, 2.75) is 38.5 Å². The molecule has 0 unspecified atom stereocenters. The first-order chi connectivity index (χ1) is 7.99. The SMILES string of the molecule is CCC(/C=N/S(=O)(=O)c1ccc(C)cc1)CC. The van der Waals surface area contributed by atoms with E-state index in [4.69, 9.17) is 0 Å². The molecule has 0 saturated carbocycles. The second kappa shape index (κ2) is 5.96. The summed E-state index contributed by atoms with van der Waals surface area (Å²) in [6.07, 6.45) is 3.36. The molecule has 0 spiro atoms. The van der Waals surface area contributed by atoms with Crippen LogP contribution in [0.1, 0.15) is 32.3 Å². The van der Waals surface area contributed by atoms with Crippen LogP contribution in [0, 0.1) is 12.8 Å². The lowest BCUT2D eigenvalue weighted by Gasteiger charge is -2.04. The molecule has 1 aromatic rings. The molecule has 0 aromatic heterocycles. The van der Waals surface area contributed by atoms with E-state index in [1.807, 2.05) is 20.8 Å². The molecule has 0 bridgehead atoms. The molecular weight excluding hydrogens is 234 g/mol. The normalized spacial score (nSPS) is 12.5. The minimum absolute atomic E-state index is 0.232. The van der Waals surface area contributed by atoms with E-state index in [1.54, 1.807) is 30.5 Å². The Hall–Kier alpha value is -1.16. The Labute approximate surface area is 104 Å². The zero-order valence-electron chi connectivity index (χ0n) is 10.6. The summed E-state index contributed by atoms with van der Waals surface area (Å²) in [5.41, 5.74) is 1.04. The van der Waals surface area contributed by atoms with Crippen molar-refractivity contribution >= 4 is 16.2 Å². The van der Waals surface area contributed by atoms with Gasteiger partial charge in [-0.05, 0) is 37.8 Å². The lowest BCUT2D eigenvalue weighted by Crippen LogP contribution is -2.03. The van der Waals surface area contributed by atoms with Crippen LogP contribution in [0.3, 0.4) is 0 Å². The van der Waals surface area contributed by atoms with Gasteiger partial charge in [0.05, 0.1) is 4.90 Å². The lowest BCUT2D eigenvalue weighted by atomic mass is 10.1. The number of benzene rings is 1. The fourth-order valence-corrected chi connectivity index (χ4v) is 2.37. The van der Waals surface area contributed by atoms with Gasteiger partial charge in [0.15, 0.2) is 0 Å². The van der Waals surface area contributed by atoms with Crippen molar-refractivity contribution in [1.29, 1.82) is 0 Å². The number of sulfonamides is 1. The maximum atomic E-state index is 11.9. The molecule has 0 aliphatic rings. The van der Waals surface area contributed by atoms with Crippen LogP contribution in [-0.2, 0) is 10.0 Å². The Kier molecular flexibility index (Phi) is 4.87. The summed E-state index contributed by atoms with van der Waals surface area (Å²) >= 11 is 0. The highest BCUT2D eigenvalue weighted by atomic mass is 32.2. The van der Waals surface area contributed by atoms with Crippen LogP contribution in [0.5, 0.6) is 0 Å². The van der Waals surface area contributed by atoms with Crippen LogP contribution >= 0.6 is 0 Å². The average Bonchev–Trinajstić information content (AvgIpc) is 2.31. The van der Waals surface area contributed by atoms with Crippen molar-refractivity contribution in [1.82, 2.24) is 0 Å². The predicted octanol–water partition coefficient (Wildman–Crippen LogP) is 3.19. The molecule has 0 fully saturated rings. The summed E-state index contributed by atoms with van der Waals surface area (Å²) < 4.78 is 27.5. The molecule has 0 N–H and O–H groups in total. The van der Waals surface area contributed by atoms with Gasteiger partial charge in [-0.1, -0.05) is 31.5 Å². The summed E-state index contributed by atoms with van der Waals surface area (Å²) in [6, 6.07) is 6.74. The Morgan fingerprint density at radius 3 is 2.18 bits per heavy atom. The molecule has 0 heterocycles. The van der Waals surface area contributed by atoms with E-state index in [0.717, 1.165) is 18.4 Å². The van der Waals surface area contributed by atoms with Gasteiger partial charge in [0.2, 0.25) is 0 Å². The first-order valence-corrected chi connectivity index (χ1v) is 7.30. The summed E-state index contributed by atoms with van der Waals surface area (Å²) in [4.78, 5) is 0.255. The number of rotatable bonds is 5. The van der Waals surface area contributed by atoms with Gasteiger partial charge in [0.25, 0.3) is 10.0 Å². The average molecular weight is 253 g/mol. The van der Waals surface area contributed by atoms with Crippen molar-refractivity contribution in [3.05, 3.63) is 29.8 Å². The van der Waals surface area contributed by atoms with E-state index in [-0.39, 0.29) is 10.8 Å². The summed E-state index contributed by atoms with van der Waals surface area (Å²) in [6.45, 7) is 5.97. The van der Waals surface area contributed by atoms with Gasteiger partial charge < -0.3 is 0 Å². The van der Waals surface area contributed by atoms with Crippen molar-refractivity contribution < 1.29 is 8.42 Å². The summed E-state index contributed by atoms with van der Waals surface area (Å²) in [5, 5.41) is 0. The summed E-state index contributed by atoms with van der Waals surface area (Å²) in [5.74, 6) is 0.232. The highest BCUT2D eigenvalue weighted by Crippen LogP contribution is 2.14. The molecule has 17 heavy (non-hydrogen) atoms. The third-order valence-electron chi connectivity index (χ3n) is 2.78. The monoisotopic (exact) mass is 253 g/mol. The predicted molar refractivity (Wildman–Crippen MR) is 70.9 cm³/mol. The Morgan fingerprint density at radius 1 is 1.18 bits per heavy atom. The minimum atomic E-state index is -3.52. The minimum Gasteiger partial charge on any atom is -0.199 e. The van der Waals surface area contributed by atoms with Crippen LogP contribution < -0.4 is 0 Å². The highest BCUT2D eigenvalue weighted by molar-refractivity contribution is 7.90. The van der Waals surface area contributed by atoms with Gasteiger partial charge in [0, 0.05) is 6.21 Å². The molecule has 0 aliphatic heterocycles. The van der Waals surface area contributed by atoms with Gasteiger partial charge in [0.1, 0.15) is 0 Å². The summed E-state index contributed by atoms with van der Waals surface area (Å²) in [7, 11) is -3.52. The molecule has 0 aliphatic carbocycles. The zero-order chi connectivity index (χ0) is 12.9. The molecule has 4 heteroatoms. The smallest absolute Gasteiger partial charge is 0.199 e. The number of hydrogen-bond acceptors (Lipinski definition) is 2. The van der Waals surface area contributed by atoms with E-state index in [0.29, 0.717) is 0 Å². The number of aryl methyl sites for hydroxylation is 1. The topological polar surface area (TPSA) is 46.5 Å². The maximum Gasteiger partial charge on any atom is 0.281 e. The van der Waals surface area contributed by atoms with Gasteiger partial charge in [-0.15, -0.1) is 0 Å². The van der Waals surface area contributed by atoms with E-state index >= 15 is 0 Å². The van der Waals surface area contributed by atoms with Crippen LogP contribution in [0.2, 0.25) is 0 Å². The van der Waals surface area contributed by atoms with E-state index < -0.39 is 10.0 Å². The van der Waals surface area contributed by atoms with Crippen LogP contribution in [-0.4, -0.2) is 14.6 Å². The molecule has 0 radical (unpaired) electrons. The Morgan fingerprint density at radius 2 is 1.71 bits per heavy atom. The zero-order valence-corrected chi connectivity index (χ0v) is 11.4.